The van der Waals surface area contributed by atoms with Gasteiger partial charge in [-0.1, -0.05) is 18.7 Å². The predicted molar refractivity (Wildman–Crippen MR) is 143 cm³/mol. The number of hydrogen-bond acceptors (Lipinski definition) is 3. The molecule has 0 amide bonds. The lowest BCUT2D eigenvalue weighted by Crippen LogP contribution is -2.59. The van der Waals surface area contributed by atoms with Gasteiger partial charge in [0.15, 0.2) is 0 Å². The number of methoxy groups -OCH3 is 1. The molecule has 0 aliphatic heterocycles. The smallest absolute Gasteiger partial charge is 0.127 e. The fourth-order valence-corrected chi connectivity index (χ4v) is 8.10. The normalized spacial score (nSPS) is 37.2. The quantitative estimate of drug-likeness (QED) is 0.414. The first kappa shape index (κ1) is 24.2. The fraction of sp³-hybridized carbons (Fsp3) is 0.594. The molecule has 2 aromatic rings. The molecule has 3 unspecified atom stereocenters. The van der Waals surface area contributed by atoms with E-state index in [2.05, 4.69) is 44.7 Å². The summed E-state index contributed by atoms with van der Waals surface area (Å²) in [6, 6.07) is 10.7. The molecule has 5 aliphatic carbocycles. The molecule has 0 N–H and O–H groups in total. The van der Waals surface area contributed by atoms with E-state index in [9.17, 15) is 4.39 Å². The Morgan fingerprint density at radius 3 is 2.25 bits per heavy atom. The number of halogens is 1. The minimum absolute atomic E-state index is 0.0235. The lowest BCUT2D eigenvalue weighted by Gasteiger charge is -2.59. The van der Waals surface area contributed by atoms with Crippen molar-refractivity contribution in [1.29, 1.82) is 0 Å². The van der Waals surface area contributed by atoms with Gasteiger partial charge in [0.05, 0.1) is 11.8 Å². The van der Waals surface area contributed by atoms with E-state index in [1.165, 1.54) is 37.7 Å². The van der Waals surface area contributed by atoms with Gasteiger partial charge in [-0.05, 0) is 130 Å². The predicted octanol–water partition coefficient (Wildman–Crippen LogP) is 7.82. The molecule has 36 heavy (non-hydrogen) atoms. The molecule has 3 nitrogen and oxygen atoms in total. The average Bonchev–Trinajstić information content (AvgIpc) is 2.88. The Kier molecular flexibility index (Phi) is 6.22. The van der Waals surface area contributed by atoms with Crippen molar-refractivity contribution < 1.29 is 13.9 Å². The maximum Gasteiger partial charge on any atom is 0.127 e. The highest BCUT2D eigenvalue weighted by Crippen LogP contribution is 2.59. The summed E-state index contributed by atoms with van der Waals surface area (Å²) in [5.41, 5.74) is 5.17. The zero-order valence-electron chi connectivity index (χ0n) is 22.0. The third-order valence-electron chi connectivity index (χ3n) is 10.2. The number of ether oxygens (including phenoxy) is 2. The number of pyridine rings is 1. The highest BCUT2D eigenvalue weighted by Gasteiger charge is 2.56. The van der Waals surface area contributed by atoms with Gasteiger partial charge in [-0.2, -0.15) is 0 Å². The summed E-state index contributed by atoms with van der Waals surface area (Å²) in [5.74, 6) is 4.44. The topological polar surface area (TPSA) is 31.4 Å². The maximum absolute atomic E-state index is 14.4. The van der Waals surface area contributed by atoms with Crippen LogP contribution in [0.1, 0.15) is 69.5 Å². The lowest BCUT2D eigenvalue weighted by molar-refractivity contribution is -0.145. The van der Waals surface area contributed by atoms with Crippen molar-refractivity contribution in [2.24, 2.45) is 29.6 Å². The third kappa shape index (κ3) is 4.20. The number of aryl methyl sites for hydroxylation is 1. The Morgan fingerprint density at radius 1 is 0.972 bits per heavy atom. The summed E-state index contributed by atoms with van der Waals surface area (Å²) in [6.45, 7) is 8.81. The molecule has 0 saturated heterocycles. The van der Waals surface area contributed by atoms with Crippen molar-refractivity contribution in [3.05, 3.63) is 54.4 Å². The van der Waals surface area contributed by atoms with Crippen LogP contribution in [0.15, 0.2) is 43.1 Å². The first-order valence-electron chi connectivity index (χ1n) is 14.0. The van der Waals surface area contributed by atoms with Gasteiger partial charge < -0.3 is 9.47 Å². The summed E-state index contributed by atoms with van der Waals surface area (Å²) >= 11 is 0. The molecule has 1 heterocycles. The molecule has 5 fully saturated rings. The van der Waals surface area contributed by atoms with Crippen molar-refractivity contribution in [2.75, 3.05) is 7.11 Å². The molecule has 7 rings (SSSR count). The third-order valence-corrected chi connectivity index (χ3v) is 10.2. The van der Waals surface area contributed by atoms with Crippen LogP contribution in [0.4, 0.5) is 4.39 Å². The number of nitrogens with zero attached hydrogens (tertiary/aromatic N) is 1. The summed E-state index contributed by atoms with van der Waals surface area (Å²) in [5, 5.41) is 0. The molecule has 0 radical (unpaired) electrons. The van der Waals surface area contributed by atoms with E-state index >= 15 is 0 Å². The van der Waals surface area contributed by atoms with Crippen LogP contribution in [-0.4, -0.2) is 30.0 Å². The van der Waals surface area contributed by atoms with Crippen LogP contribution in [0.2, 0.25) is 0 Å². The van der Waals surface area contributed by atoms with Gasteiger partial charge in [-0.3, -0.25) is 4.98 Å². The molecule has 4 bridgehead atoms. The van der Waals surface area contributed by atoms with Crippen LogP contribution in [0.5, 0.6) is 5.75 Å². The number of aromatic nitrogens is 1. The highest BCUT2D eigenvalue weighted by atomic mass is 19.1. The molecule has 192 valence electrons. The minimum Gasteiger partial charge on any atom is -0.487 e. The van der Waals surface area contributed by atoms with E-state index in [1.807, 2.05) is 12.3 Å². The highest BCUT2D eigenvalue weighted by molar-refractivity contribution is 5.68. The molecule has 1 aromatic heterocycles. The lowest BCUT2D eigenvalue weighted by atomic mass is 9.50. The van der Waals surface area contributed by atoms with Gasteiger partial charge in [-0.25, -0.2) is 4.39 Å². The molecule has 4 heteroatoms. The molecule has 0 spiro atoms. The second-order valence-electron chi connectivity index (χ2n) is 12.3. The molecular formula is C32H40FNO2. The van der Waals surface area contributed by atoms with Crippen molar-refractivity contribution >= 4 is 5.57 Å². The summed E-state index contributed by atoms with van der Waals surface area (Å²) in [4.78, 5) is 4.72. The van der Waals surface area contributed by atoms with E-state index in [-0.39, 0.29) is 17.6 Å². The number of rotatable bonds is 6. The summed E-state index contributed by atoms with van der Waals surface area (Å²) in [7, 11) is 1.59. The van der Waals surface area contributed by atoms with Gasteiger partial charge in [-0.15, -0.1) is 0 Å². The number of alkyl halides is 1. The largest absolute Gasteiger partial charge is 0.487 e. The zero-order valence-corrected chi connectivity index (χ0v) is 22.0. The van der Waals surface area contributed by atoms with Crippen molar-refractivity contribution in [2.45, 2.75) is 83.1 Å². The Morgan fingerprint density at radius 2 is 1.67 bits per heavy atom. The second kappa shape index (κ2) is 9.28. The van der Waals surface area contributed by atoms with Crippen LogP contribution in [-0.2, 0) is 4.74 Å². The minimum atomic E-state index is -0.936. The van der Waals surface area contributed by atoms with Crippen LogP contribution in [0.25, 0.3) is 16.7 Å². The van der Waals surface area contributed by atoms with Gasteiger partial charge in [0.1, 0.15) is 17.5 Å². The number of hydrogen-bond donors (Lipinski definition) is 0. The van der Waals surface area contributed by atoms with E-state index in [1.54, 1.807) is 7.11 Å². The Hall–Kier alpha value is -2.20. The molecule has 3 atom stereocenters. The van der Waals surface area contributed by atoms with Gasteiger partial charge in [0.2, 0.25) is 0 Å². The van der Waals surface area contributed by atoms with Crippen LogP contribution < -0.4 is 4.74 Å². The molecule has 1 aromatic carbocycles. The molecular weight excluding hydrogens is 449 g/mol. The molecule has 5 saturated carbocycles. The Bertz CT molecular complexity index is 1100. The van der Waals surface area contributed by atoms with Crippen molar-refractivity contribution in [3.8, 4) is 16.9 Å². The van der Waals surface area contributed by atoms with Crippen molar-refractivity contribution in [1.82, 2.24) is 4.98 Å². The zero-order chi connectivity index (χ0) is 25.0. The van der Waals surface area contributed by atoms with Crippen LogP contribution >= 0.6 is 0 Å². The van der Waals surface area contributed by atoms with Gasteiger partial charge in [0, 0.05) is 18.9 Å². The SMILES string of the molecule is C=C(c1ccc(-c2ccc(OC3(C)C4CC5CC(C4)CC3C5)c(C)c2)cn1)C1CCC(OC)C(F)C1. The maximum atomic E-state index is 14.4. The summed E-state index contributed by atoms with van der Waals surface area (Å²) < 4.78 is 26.5. The first-order chi connectivity index (χ1) is 17.3. The Balaban J connectivity index is 1.15. The van der Waals surface area contributed by atoms with Crippen LogP contribution in [0.3, 0.4) is 0 Å². The van der Waals surface area contributed by atoms with E-state index in [0.717, 1.165) is 52.8 Å². The second-order valence-corrected chi connectivity index (χ2v) is 12.3. The van der Waals surface area contributed by atoms with E-state index < -0.39 is 6.17 Å². The van der Waals surface area contributed by atoms with E-state index in [0.29, 0.717) is 18.3 Å². The molecule has 5 aliphatic rings. The Labute approximate surface area is 215 Å². The number of allylic oxidation sites excluding steroid dienone is 1. The average molecular weight is 490 g/mol. The standard InChI is InChI=1S/C32H40FNO2/c1-19-11-24(7-9-30(19)36-32(3)26-13-21-12-22(15-26)16-27(32)14-21)25-5-8-29(34-18-25)20(2)23-6-10-31(35-4)28(33)17-23/h5,7-9,11,18,21-23,26-28,31H,2,6,10,12-17H2,1,3-4H3. The number of benzene rings is 1. The van der Waals surface area contributed by atoms with Crippen molar-refractivity contribution in [3.63, 3.8) is 0 Å². The first-order valence-corrected chi connectivity index (χ1v) is 14.0. The van der Waals surface area contributed by atoms with Gasteiger partial charge >= 0.3 is 0 Å². The fourth-order valence-electron chi connectivity index (χ4n) is 8.10. The monoisotopic (exact) mass is 489 g/mol. The van der Waals surface area contributed by atoms with Gasteiger partial charge in [0.25, 0.3) is 0 Å². The van der Waals surface area contributed by atoms with E-state index in [4.69, 9.17) is 14.5 Å². The summed E-state index contributed by atoms with van der Waals surface area (Å²) in [6.07, 6.45) is 9.65. The van der Waals surface area contributed by atoms with Crippen LogP contribution in [0, 0.1) is 36.5 Å².